The first-order chi connectivity index (χ1) is 13.9. The molecule has 2 amide bonds. The van der Waals surface area contributed by atoms with Crippen LogP contribution >= 0.6 is 11.8 Å². The molecule has 2 N–H and O–H groups in total. The van der Waals surface area contributed by atoms with Crippen molar-refractivity contribution in [3.63, 3.8) is 0 Å². The maximum absolute atomic E-state index is 13.2. The molecule has 0 fully saturated rings. The zero-order chi connectivity index (χ0) is 20.8. The topological polar surface area (TPSA) is 97.1 Å². The summed E-state index contributed by atoms with van der Waals surface area (Å²) in [5.74, 6) is -2.01. The molecule has 0 atom stereocenters. The van der Waals surface area contributed by atoms with Gasteiger partial charge in [-0.3, -0.25) is 9.59 Å². The molecule has 0 bridgehead atoms. The highest BCUT2D eigenvalue weighted by molar-refractivity contribution is 7.98. The molecule has 1 aromatic carbocycles. The van der Waals surface area contributed by atoms with Gasteiger partial charge in [0.1, 0.15) is 10.8 Å². The number of pyridine rings is 1. The lowest BCUT2D eigenvalue weighted by Gasteiger charge is -2.09. The molecule has 2 aromatic heterocycles. The molecule has 0 aliphatic rings. The Hall–Kier alpha value is -3.27. The smallest absolute Gasteiger partial charge is 0.254 e. The Morgan fingerprint density at radius 3 is 2.72 bits per heavy atom. The van der Waals surface area contributed by atoms with Gasteiger partial charge in [-0.1, -0.05) is 16.9 Å². The highest BCUT2D eigenvalue weighted by atomic mass is 32.2. The number of anilines is 1. The number of carbonyl (C=O) groups excluding carboxylic acids is 2. The maximum atomic E-state index is 13.2. The number of rotatable bonds is 7. The van der Waals surface area contributed by atoms with Gasteiger partial charge in [-0.15, -0.1) is 0 Å². The maximum Gasteiger partial charge on any atom is 0.254 e. The van der Waals surface area contributed by atoms with Crippen LogP contribution in [0, 0.1) is 18.6 Å². The minimum Gasteiger partial charge on any atom is -0.361 e. The number of nitrogens with one attached hydrogen (secondary N) is 2. The Morgan fingerprint density at radius 2 is 2.00 bits per heavy atom. The molecular formula is C19H16F2N4O3S. The van der Waals surface area contributed by atoms with Gasteiger partial charge >= 0.3 is 0 Å². The standard InChI is InChI=1S/C19H16F2N4O3S/c1-11-7-13(25-28-11)10-29-19-14(3-2-6-22-19)18(27)23-9-17(26)24-12-4-5-15(20)16(21)8-12/h2-8H,9-10H2,1H3,(H,23,27)(H,24,26). The molecule has 29 heavy (non-hydrogen) atoms. The van der Waals surface area contributed by atoms with Crippen LogP contribution in [0.2, 0.25) is 0 Å². The first kappa shape index (κ1) is 20.5. The number of aromatic nitrogens is 2. The van der Waals surface area contributed by atoms with E-state index in [2.05, 4.69) is 20.8 Å². The molecule has 0 aliphatic carbocycles. The highest BCUT2D eigenvalue weighted by Crippen LogP contribution is 2.24. The fourth-order valence-corrected chi connectivity index (χ4v) is 3.21. The Balaban J connectivity index is 1.57. The van der Waals surface area contributed by atoms with Gasteiger partial charge in [0.2, 0.25) is 5.91 Å². The lowest BCUT2D eigenvalue weighted by Crippen LogP contribution is -2.33. The van der Waals surface area contributed by atoms with Gasteiger partial charge in [0.15, 0.2) is 11.6 Å². The van der Waals surface area contributed by atoms with Gasteiger partial charge in [0.25, 0.3) is 5.91 Å². The van der Waals surface area contributed by atoms with E-state index in [0.717, 1.165) is 17.8 Å². The molecule has 3 aromatic rings. The SMILES string of the molecule is Cc1cc(CSc2ncccc2C(=O)NCC(=O)Nc2ccc(F)c(F)c2)no1. The van der Waals surface area contributed by atoms with Crippen molar-refractivity contribution < 1.29 is 22.9 Å². The largest absolute Gasteiger partial charge is 0.361 e. The van der Waals surface area contributed by atoms with E-state index in [1.165, 1.54) is 17.8 Å². The third-order valence-corrected chi connectivity index (χ3v) is 4.70. The first-order valence-electron chi connectivity index (χ1n) is 8.45. The molecule has 0 aliphatic heterocycles. The van der Waals surface area contributed by atoms with Crippen LogP contribution in [0.5, 0.6) is 0 Å². The minimum absolute atomic E-state index is 0.0867. The highest BCUT2D eigenvalue weighted by Gasteiger charge is 2.15. The molecule has 150 valence electrons. The quantitative estimate of drug-likeness (QED) is 0.572. The summed E-state index contributed by atoms with van der Waals surface area (Å²) >= 11 is 1.31. The molecule has 3 rings (SSSR count). The van der Waals surface area contributed by atoms with Gasteiger partial charge in [0.05, 0.1) is 17.8 Å². The van der Waals surface area contributed by atoms with E-state index in [1.54, 1.807) is 31.3 Å². The van der Waals surface area contributed by atoms with E-state index in [0.29, 0.717) is 22.1 Å². The number of carbonyl (C=O) groups is 2. The van der Waals surface area contributed by atoms with Crippen LogP contribution in [-0.4, -0.2) is 28.5 Å². The molecule has 7 nitrogen and oxygen atoms in total. The minimum atomic E-state index is -1.08. The Labute approximate surface area is 168 Å². The number of nitrogens with zero attached hydrogens (tertiary/aromatic N) is 2. The second-order valence-corrected chi connectivity index (χ2v) is 6.90. The van der Waals surface area contributed by atoms with E-state index in [-0.39, 0.29) is 12.2 Å². The first-order valence-corrected chi connectivity index (χ1v) is 9.44. The average Bonchev–Trinajstić information content (AvgIpc) is 3.13. The number of aryl methyl sites for hydroxylation is 1. The van der Waals surface area contributed by atoms with Crippen molar-refractivity contribution in [3.05, 3.63) is 71.2 Å². The molecule has 10 heteroatoms. The normalized spacial score (nSPS) is 10.6. The van der Waals surface area contributed by atoms with Crippen LogP contribution in [0.15, 0.2) is 52.1 Å². The molecule has 2 heterocycles. The summed E-state index contributed by atoms with van der Waals surface area (Å²) < 4.78 is 31.1. The molecule has 0 radical (unpaired) electrons. The van der Waals surface area contributed by atoms with Crippen molar-refractivity contribution in [1.82, 2.24) is 15.5 Å². The lowest BCUT2D eigenvalue weighted by atomic mass is 10.2. The summed E-state index contributed by atoms with van der Waals surface area (Å²) in [6, 6.07) is 7.97. The van der Waals surface area contributed by atoms with Gasteiger partial charge in [-0.25, -0.2) is 13.8 Å². The molecule has 0 spiro atoms. The van der Waals surface area contributed by atoms with Gasteiger partial charge < -0.3 is 15.2 Å². The van der Waals surface area contributed by atoms with Crippen LogP contribution in [0.4, 0.5) is 14.5 Å². The second kappa shape index (κ2) is 9.28. The summed E-state index contributed by atoms with van der Waals surface area (Å²) in [6.07, 6.45) is 1.56. The summed E-state index contributed by atoms with van der Waals surface area (Å²) in [6.45, 7) is 1.44. The van der Waals surface area contributed by atoms with Crippen molar-refractivity contribution in [2.75, 3.05) is 11.9 Å². The van der Waals surface area contributed by atoms with Gasteiger partial charge in [0, 0.05) is 29.8 Å². The summed E-state index contributed by atoms with van der Waals surface area (Å²) in [5, 5.41) is 9.23. The number of thioether (sulfide) groups is 1. The number of hydrogen-bond donors (Lipinski definition) is 2. The van der Waals surface area contributed by atoms with E-state index in [9.17, 15) is 18.4 Å². The Bertz CT molecular complexity index is 1040. The summed E-state index contributed by atoms with van der Waals surface area (Å²) in [4.78, 5) is 28.6. The van der Waals surface area contributed by atoms with Crippen LogP contribution in [0.3, 0.4) is 0 Å². The molecular weight excluding hydrogens is 402 g/mol. The van der Waals surface area contributed by atoms with Crippen molar-refractivity contribution in [2.24, 2.45) is 0 Å². The van der Waals surface area contributed by atoms with Crippen molar-refractivity contribution >= 4 is 29.3 Å². The van der Waals surface area contributed by atoms with Crippen molar-refractivity contribution in [1.29, 1.82) is 0 Å². The zero-order valence-corrected chi connectivity index (χ0v) is 16.1. The Morgan fingerprint density at radius 1 is 1.17 bits per heavy atom. The molecule has 0 saturated carbocycles. The Kier molecular flexibility index (Phi) is 6.55. The predicted octanol–water partition coefficient (Wildman–Crippen LogP) is 3.32. The van der Waals surface area contributed by atoms with Gasteiger partial charge in [-0.2, -0.15) is 0 Å². The lowest BCUT2D eigenvalue weighted by molar-refractivity contribution is -0.115. The van der Waals surface area contributed by atoms with Crippen molar-refractivity contribution in [2.45, 2.75) is 17.7 Å². The summed E-state index contributed by atoms with van der Waals surface area (Å²) in [5.41, 5.74) is 1.11. The van der Waals surface area contributed by atoms with E-state index in [4.69, 9.17) is 4.52 Å². The predicted molar refractivity (Wildman–Crippen MR) is 102 cm³/mol. The second-order valence-electron chi connectivity index (χ2n) is 5.93. The van der Waals surface area contributed by atoms with Crippen LogP contribution in [-0.2, 0) is 10.5 Å². The third-order valence-electron chi connectivity index (χ3n) is 3.66. The average molecular weight is 418 g/mol. The number of hydrogen-bond acceptors (Lipinski definition) is 6. The fourth-order valence-electron chi connectivity index (χ4n) is 2.34. The third kappa shape index (κ3) is 5.61. The monoisotopic (exact) mass is 418 g/mol. The number of amides is 2. The van der Waals surface area contributed by atoms with E-state index >= 15 is 0 Å². The van der Waals surface area contributed by atoms with Crippen LogP contribution < -0.4 is 10.6 Å². The van der Waals surface area contributed by atoms with Crippen LogP contribution in [0.1, 0.15) is 21.8 Å². The van der Waals surface area contributed by atoms with E-state index < -0.39 is 23.4 Å². The number of halogens is 2. The van der Waals surface area contributed by atoms with Crippen molar-refractivity contribution in [3.8, 4) is 0 Å². The fraction of sp³-hybridized carbons (Fsp3) is 0.158. The zero-order valence-electron chi connectivity index (χ0n) is 15.2. The molecule has 0 unspecified atom stereocenters. The molecule has 0 saturated heterocycles. The number of benzene rings is 1. The van der Waals surface area contributed by atoms with Crippen LogP contribution in [0.25, 0.3) is 0 Å². The van der Waals surface area contributed by atoms with E-state index in [1.807, 2.05) is 0 Å². The van der Waals surface area contributed by atoms with Gasteiger partial charge in [-0.05, 0) is 31.2 Å². The summed E-state index contributed by atoms with van der Waals surface area (Å²) in [7, 11) is 0.